The number of aromatic nitrogens is 1. The SMILES string of the molecule is CCn1c(C)c(C(C)(C)C)sc1=NC(=O)c1cc(Cl)ccc1OC. The number of ether oxygens (including phenoxy) is 1. The first-order chi connectivity index (χ1) is 11.2. The van der Waals surface area contributed by atoms with Crippen molar-refractivity contribution in [3.63, 3.8) is 0 Å². The highest BCUT2D eigenvalue weighted by Gasteiger charge is 2.22. The molecule has 0 spiro atoms. The Hall–Kier alpha value is -1.59. The minimum atomic E-state index is -0.349. The van der Waals surface area contributed by atoms with E-state index in [9.17, 15) is 4.79 Å². The van der Waals surface area contributed by atoms with E-state index in [1.807, 2.05) is 0 Å². The number of benzene rings is 1. The van der Waals surface area contributed by atoms with Gasteiger partial charge in [-0.05, 0) is 37.5 Å². The van der Waals surface area contributed by atoms with Crippen LogP contribution in [-0.2, 0) is 12.0 Å². The van der Waals surface area contributed by atoms with E-state index in [2.05, 4.69) is 44.2 Å². The number of nitrogens with zero attached hydrogens (tertiary/aromatic N) is 2. The predicted octanol–water partition coefficient (Wildman–Crippen LogP) is 4.58. The number of carbonyl (C=O) groups is 1. The molecule has 1 aromatic heterocycles. The van der Waals surface area contributed by atoms with Crippen LogP contribution in [0.1, 0.15) is 48.6 Å². The summed E-state index contributed by atoms with van der Waals surface area (Å²) < 4.78 is 7.33. The van der Waals surface area contributed by atoms with E-state index in [-0.39, 0.29) is 11.3 Å². The van der Waals surface area contributed by atoms with E-state index in [0.717, 1.165) is 12.2 Å². The Morgan fingerprint density at radius 1 is 1.38 bits per heavy atom. The van der Waals surface area contributed by atoms with Crippen LogP contribution in [0.4, 0.5) is 0 Å². The van der Waals surface area contributed by atoms with Gasteiger partial charge in [0.1, 0.15) is 5.75 Å². The van der Waals surface area contributed by atoms with E-state index >= 15 is 0 Å². The fourth-order valence-electron chi connectivity index (χ4n) is 2.63. The van der Waals surface area contributed by atoms with E-state index < -0.39 is 0 Å². The Morgan fingerprint density at radius 2 is 2.04 bits per heavy atom. The van der Waals surface area contributed by atoms with Gasteiger partial charge in [0.25, 0.3) is 5.91 Å². The standard InChI is InChI=1S/C18H23ClN2O2S/c1-7-21-11(2)15(18(3,4)5)24-17(21)20-16(22)13-10-12(19)8-9-14(13)23-6/h8-10H,7H2,1-6H3. The van der Waals surface area contributed by atoms with Gasteiger partial charge in [-0.2, -0.15) is 4.99 Å². The van der Waals surface area contributed by atoms with Crippen LogP contribution in [0.2, 0.25) is 5.02 Å². The third kappa shape index (κ3) is 3.73. The minimum absolute atomic E-state index is 0.0102. The van der Waals surface area contributed by atoms with Crippen LogP contribution in [0, 0.1) is 6.92 Å². The first kappa shape index (κ1) is 18.7. The zero-order valence-electron chi connectivity index (χ0n) is 14.9. The summed E-state index contributed by atoms with van der Waals surface area (Å²) in [6.07, 6.45) is 0. The zero-order chi connectivity index (χ0) is 18.1. The molecule has 0 saturated carbocycles. The summed E-state index contributed by atoms with van der Waals surface area (Å²) in [5.74, 6) is 0.124. The van der Waals surface area contributed by atoms with Crippen molar-refractivity contribution in [2.75, 3.05) is 7.11 Å². The van der Waals surface area contributed by atoms with Crippen LogP contribution in [0.3, 0.4) is 0 Å². The molecular formula is C18H23ClN2O2S. The van der Waals surface area contributed by atoms with Crippen molar-refractivity contribution in [1.82, 2.24) is 4.57 Å². The smallest absolute Gasteiger partial charge is 0.283 e. The van der Waals surface area contributed by atoms with Gasteiger partial charge in [-0.1, -0.05) is 32.4 Å². The summed E-state index contributed by atoms with van der Waals surface area (Å²) in [5, 5.41) is 0.482. The van der Waals surface area contributed by atoms with Gasteiger partial charge >= 0.3 is 0 Å². The molecule has 0 fully saturated rings. The van der Waals surface area contributed by atoms with Crippen molar-refractivity contribution in [2.45, 2.75) is 46.6 Å². The number of hydrogen-bond acceptors (Lipinski definition) is 3. The molecule has 24 heavy (non-hydrogen) atoms. The second-order valence-corrected chi connectivity index (χ2v) is 7.97. The monoisotopic (exact) mass is 366 g/mol. The van der Waals surface area contributed by atoms with Crippen LogP contribution >= 0.6 is 22.9 Å². The first-order valence-corrected chi connectivity index (χ1v) is 9.01. The van der Waals surface area contributed by atoms with Crippen LogP contribution in [0.5, 0.6) is 5.75 Å². The van der Waals surface area contributed by atoms with Crippen molar-refractivity contribution < 1.29 is 9.53 Å². The van der Waals surface area contributed by atoms with Crippen molar-refractivity contribution in [2.24, 2.45) is 4.99 Å². The zero-order valence-corrected chi connectivity index (χ0v) is 16.5. The molecule has 1 heterocycles. The molecule has 0 atom stereocenters. The molecule has 6 heteroatoms. The summed E-state index contributed by atoms with van der Waals surface area (Å²) >= 11 is 7.58. The van der Waals surface area contributed by atoms with Gasteiger partial charge in [0.15, 0.2) is 4.80 Å². The Kier molecular flexibility index (Phi) is 5.56. The number of thiazole rings is 1. The van der Waals surface area contributed by atoms with Gasteiger partial charge in [0.05, 0.1) is 12.7 Å². The average molecular weight is 367 g/mol. The number of hydrogen-bond donors (Lipinski definition) is 0. The maximum absolute atomic E-state index is 12.7. The third-order valence-electron chi connectivity index (χ3n) is 3.74. The average Bonchev–Trinajstić information content (AvgIpc) is 2.82. The molecule has 0 aliphatic carbocycles. The Balaban J connectivity index is 2.60. The summed E-state index contributed by atoms with van der Waals surface area (Å²) in [7, 11) is 1.53. The highest BCUT2D eigenvalue weighted by Crippen LogP contribution is 2.28. The van der Waals surface area contributed by atoms with Gasteiger partial charge in [-0.3, -0.25) is 4.79 Å². The number of halogens is 1. The topological polar surface area (TPSA) is 43.6 Å². The van der Waals surface area contributed by atoms with E-state index in [1.54, 1.807) is 29.5 Å². The molecule has 0 aliphatic rings. The fourth-order valence-corrected chi connectivity index (χ4v) is 4.06. The molecule has 0 bridgehead atoms. The Morgan fingerprint density at radius 3 is 2.58 bits per heavy atom. The number of carbonyl (C=O) groups excluding carboxylic acids is 1. The second-order valence-electron chi connectivity index (χ2n) is 6.55. The molecule has 1 aromatic carbocycles. The maximum atomic E-state index is 12.7. The molecule has 2 rings (SSSR count). The third-order valence-corrected chi connectivity index (χ3v) is 5.59. The van der Waals surface area contributed by atoms with Crippen LogP contribution in [0.15, 0.2) is 23.2 Å². The van der Waals surface area contributed by atoms with Crippen molar-refractivity contribution in [1.29, 1.82) is 0 Å². The van der Waals surface area contributed by atoms with Crippen molar-refractivity contribution in [3.05, 3.63) is 44.2 Å². The second kappa shape index (κ2) is 7.11. The Labute approximate surface area is 151 Å². The molecule has 0 radical (unpaired) electrons. The summed E-state index contributed by atoms with van der Waals surface area (Å²) in [6.45, 7) is 11.4. The summed E-state index contributed by atoms with van der Waals surface area (Å²) in [5.41, 5.74) is 1.53. The van der Waals surface area contributed by atoms with Crippen molar-refractivity contribution >= 4 is 28.8 Å². The molecule has 0 aliphatic heterocycles. The minimum Gasteiger partial charge on any atom is -0.496 e. The van der Waals surface area contributed by atoms with Crippen LogP contribution < -0.4 is 9.54 Å². The Bertz CT molecular complexity index is 829. The molecule has 4 nitrogen and oxygen atoms in total. The molecule has 0 saturated heterocycles. The quantitative estimate of drug-likeness (QED) is 0.798. The first-order valence-electron chi connectivity index (χ1n) is 7.82. The van der Waals surface area contributed by atoms with Gasteiger partial charge in [-0.15, -0.1) is 11.3 Å². The lowest BCUT2D eigenvalue weighted by molar-refractivity contribution is 0.0995. The molecular weight excluding hydrogens is 344 g/mol. The van der Waals surface area contributed by atoms with Crippen molar-refractivity contribution in [3.8, 4) is 5.75 Å². The molecule has 0 unspecified atom stereocenters. The lowest BCUT2D eigenvalue weighted by atomic mass is 9.93. The lowest BCUT2D eigenvalue weighted by Crippen LogP contribution is -2.18. The lowest BCUT2D eigenvalue weighted by Gasteiger charge is -2.17. The number of methoxy groups -OCH3 is 1. The highest BCUT2D eigenvalue weighted by atomic mass is 35.5. The number of amides is 1. The van der Waals surface area contributed by atoms with E-state index in [4.69, 9.17) is 16.3 Å². The van der Waals surface area contributed by atoms with Gasteiger partial charge in [0.2, 0.25) is 0 Å². The van der Waals surface area contributed by atoms with E-state index in [1.165, 1.54) is 12.0 Å². The van der Waals surface area contributed by atoms with Crippen LogP contribution in [-0.4, -0.2) is 17.6 Å². The predicted molar refractivity (Wildman–Crippen MR) is 99.3 cm³/mol. The van der Waals surface area contributed by atoms with E-state index in [0.29, 0.717) is 21.1 Å². The number of rotatable bonds is 3. The molecule has 2 aromatic rings. The largest absolute Gasteiger partial charge is 0.496 e. The van der Waals surface area contributed by atoms with Gasteiger partial charge < -0.3 is 9.30 Å². The fraction of sp³-hybridized carbons (Fsp3) is 0.444. The highest BCUT2D eigenvalue weighted by molar-refractivity contribution is 7.09. The summed E-state index contributed by atoms with van der Waals surface area (Å²) in [6, 6.07) is 4.96. The molecule has 0 N–H and O–H groups in total. The normalized spacial score (nSPS) is 12.5. The van der Waals surface area contributed by atoms with Crippen LogP contribution in [0.25, 0.3) is 0 Å². The maximum Gasteiger partial charge on any atom is 0.283 e. The molecule has 130 valence electrons. The molecule has 1 amide bonds. The summed E-state index contributed by atoms with van der Waals surface area (Å²) in [4.78, 5) is 19.0. The van der Waals surface area contributed by atoms with Gasteiger partial charge in [0, 0.05) is 22.1 Å². The van der Waals surface area contributed by atoms with Gasteiger partial charge in [-0.25, -0.2) is 0 Å².